The molecule has 0 aromatic carbocycles. The number of hydrogen-bond donors (Lipinski definition) is 2. The average Bonchev–Trinajstić information content (AvgIpc) is 2.69. The van der Waals surface area contributed by atoms with E-state index in [1.54, 1.807) is 4.68 Å². The lowest BCUT2D eigenvalue weighted by molar-refractivity contribution is -0.00475. The van der Waals surface area contributed by atoms with Crippen molar-refractivity contribution in [2.75, 3.05) is 12.3 Å². The van der Waals surface area contributed by atoms with Crippen LogP contribution in [0.5, 0.6) is 0 Å². The first-order chi connectivity index (χ1) is 9.46. The van der Waals surface area contributed by atoms with Crippen LogP contribution >= 0.6 is 0 Å². The fourth-order valence-electron chi connectivity index (χ4n) is 2.29. The smallest absolute Gasteiger partial charge is 0.246 e. The Balaban J connectivity index is 2.00. The zero-order valence-electron chi connectivity index (χ0n) is 11.9. The molecule has 3 N–H and O–H groups in total. The predicted molar refractivity (Wildman–Crippen MR) is 75.7 cm³/mol. The third-order valence-electron chi connectivity index (χ3n) is 3.32. The van der Waals surface area contributed by atoms with E-state index in [-0.39, 0.29) is 22.9 Å². The fraction of sp³-hybridized carbons (Fsp3) is 0.750. The van der Waals surface area contributed by atoms with Crippen molar-refractivity contribution in [2.45, 2.75) is 56.7 Å². The molecular formula is C12H22N4O3S. The molecule has 0 aliphatic heterocycles. The number of sulfonamides is 1. The number of nitrogen functional groups attached to an aromatic ring is 1. The summed E-state index contributed by atoms with van der Waals surface area (Å²) < 4.78 is 34.1. The molecule has 114 valence electrons. The van der Waals surface area contributed by atoms with Crippen molar-refractivity contribution in [3.8, 4) is 0 Å². The number of hydrogen-bond acceptors (Lipinski definition) is 5. The largest absolute Gasteiger partial charge is 0.381 e. The summed E-state index contributed by atoms with van der Waals surface area (Å²) in [7, 11) is -3.60. The van der Waals surface area contributed by atoms with Gasteiger partial charge in [-0.3, -0.25) is 4.68 Å². The van der Waals surface area contributed by atoms with Crippen LogP contribution in [0.4, 0.5) is 5.82 Å². The lowest BCUT2D eigenvalue weighted by Crippen LogP contribution is -2.47. The minimum atomic E-state index is -3.60. The van der Waals surface area contributed by atoms with Gasteiger partial charge in [-0.1, -0.05) is 6.92 Å². The standard InChI is InChI=1S/C12H22N4O3S/c1-3-5-16-8-11(12(13)14-16)20(17,18)15-9-6-10(7-9)19-4-2/h8-10,15H,3-7H2,1-2H3,(H2,13,14). The maximum absolute atomic E-state index is 12.3. The number of anilines is 1. The molecule has 20 heavy (non-hydrogen) atoms. The summed E-state index contributed by atoms with van der Waals surface area (Å²) in [6, 6.07) is -0.0783. The molecule has 0 atom stereocenters. The Hall–Kier alpha value is -1.12. The monoisotopic (exact) mass is 302 g/mol. The van der Waals surface area contributed by atoms with Crippen molar-refractivity contribution in [1.29, 1.82) is 0 Å². The number of nitrogens with one attached hydrogen (secondary N) is 1. The summed E-state index contributed by atoms with van der Waals surface area (Å²) in [4.78, 5) is 0.0609. The van der Waals surface area contributed by atoms with Crippen LogP contribution in [0.2, 0.25) is 0 Å². The van der Waals surface area contributed by atoms with Crippen LogP contribution < -0.4 is 10.5 Å². The molecule has 1 aromatic heterocycles. The number of rotatable bonds is 7. The third-order valence-corrected chi connectivity index (χ3v) is 4.85. The number of aryl methyl sites for hydroxylation is 1. The van der Waals surface area contributed by atoms with Gasteiger partial charge in [0.15, 0.2) is 5.82 Å². The van der Waals surface area contributed by atoms with E-state index in [4.69, 9.17) is 10.5 Å². The highest BCUT2D eigenvalue weighted by Gasteiger charge is 2.34. The number of aromatic nitrogens is 2. The molecule has 1 aliphatic rings. The molecule has 8 heteroatoms. The van der Waals surface area contributed by atoms with Crippen molar-refractivity contribution < 1.29 is 13.2 Å². The minimum absolute atomic E-state index is 0.0478. The summed E-state index contributed by atoms with van der Waals surface area (Å²) in [6.07, 6.45) is 3.92. The quantitative estimate of drug-likeness (QED) is 0.773. The Labute approximate surface area is 119 Å². The zero-order valence-corrected chi connectivity index (χ0v) is 12.7. The Morgan fingerprint density at radius 3 is 2.80 bits per heavy atom. The van der Waals surface area contributed by atoms with E-state index < -0.39 is 10.0 Å². The molecule has 0 spiro atoms. The normalized spacial score (nSPS) is 22.7. The van der Waals surface area contributed by atoms with E-state index in [2.05, 4.69) is 9.82 Å². The maximum Gasteiger partial charge on any atom is 0.246 e. The van der Waals surface area contributed by atoms with E-state index in [0.717, 1.165) is 6.42 Å². The highest BCUT2D eigenvalue weighted by Crippen LogP contribution is 2.26. The summed E-state index contributed by atoms with van der Waals surface area (Å²) >= 11 is 0. The topological polar surface area (TPSA) is 99.2 Å². The van der Waals surface area contributed by atoms with Gasteiger partial charge in [0.25, 0.3) is 0 Å². The average molecular weight is 302 g/mol. The zero-order chi connectivity index (χ0) is 14.8. The molecule has 1 saturated carbocycles. The van der Waals surface area contributed by atoms with Gasteiger partial charge in [-0.2, -0.15) is 5.10 Å². The highest BCUT2D eigenvalue weighted by atomic mass is 32.2. The SMILES string of the molecule is CCCn1cc(S(=O)(=O)NC2CC(OCC)C2)c(N)n1. The van der Waals surface area contributed by atoms with Gasteiger partial charge in [-0.05, 0) is 26.2 Å². The molecule has 1 aliphatic carbocycles. The van der Waals surface area contributed by atoms with E-state index >= 15 is 0 Å². The van der Waals surface area contributed by atoms with Gasteiger partial charge in [-0.15, -0.1) is 0 Å². The second-order valence-electron chi connectivity index (χ2n) is 5.01. The summed E-state index contributed by atoms with van der Waals surface area (Å²) in [5, 5.41) is 4.01. The molecule has 0 bridgehead atoms. The lowest BCUT2D eigenvalue weighted by atomic mass is 9.90. The van der Waals surface area contributed by atoms with Crippen molar-refractivity contribution in [3.05, 3.63) is 6.20 Å². The molecule has 0 saturated heterocycles. The Kier molecular flexibility index (Phi) is 4.66. The summed E-state index contributed by atoms with van der Waals surface area (Å²) in [5.74, 6) is 0.0478. The minimum Gasteiger partial charge on any atom is -0.381 e. The van der Waals surface area contributed by atoms with Crippen LogP contribution in [-0.2, 0) is 21.3 Å². The van der Waals surface area contributed by atoms with Gasteiger partial charge in [0.2, 0.25) is 10.0 Å². The molecule has 1 aromatic rings. The predicted octanol–water partition coefficient (Wildman–Crippen LogP) is 0.721. The van der Waals surface area contributed by atoms with Gasteiger partial charge in [0.1, 0.15) is 4.90 Å². The van der Waals surface area contributed by atoms with Crippen LogP contribution in [-0.4, -0.2) is 37.0 Å². The number of nitrogens with zero attached hydrogens (tertiary/aromatic N) is 2. The Bertz CT molecular complexity index is 549. The number of ether oxygens (including phenoxy) is 1. The van der Waals surface area contributed by atoms with Crippen LogP contribution in [0.3, 0.4) is 0 Å². The molecule has 0 amide bonds. The molecule has 0 unspecified atom stereocenters. The Morgan fingerprint density at radius 2 is 2.20 bits per heavy atom. The van der Waals surface area contributed by atoms with E-state index in [1.807, 2.05) is 13.8 Å². The van der Waals surface area contributed by atoms with Crippen molar-refractivity contribution in [1.82, 2.24) is 14.5 Å². The highest BCUT2D eigenvalue weighted by molar-refractivity contribution is 7.89. The second kappa shape index (κ2) is 6.11. The first-order valence-corrected chi connectivity index (χ1v) is 8.41. The van der Waals surface area contributed by atoms with E-state index in [1.165, 1.54) is 6.20 Å². The van der Waals surface area contributed by atoms with Crippen molar-refractivity contribution in [2.24, 2.45) is 0 Å². The van der Waals surface area contributed by atoms with Crippen molar-refractivity contribution >= 4 is 15.8 Å². The van der Waals surface area contributed by atoms with Crippen molar-refractivity contribution in [3.63, 3.8) is 0 Å². The molecule has 2 rings (SSSR count). The summed E-state index contributed by atoms with van der Waals surface area (Å²) in [6.45, 7) is 5.23. The van der Waals surface area contributed by atoms with Crippen LogP contribution in [0.25, 0.3) is 0 Å². The van der Waals surface area contributed by atoms with Crippen LogP contribution in [0, 0.1) is 0 Å². The van der Waals surface area contributed by atoms with Crippen LogP contribution in [0.15, 0.2) is 11.1 Å². The Morgan fingerprint density at radius 1 is 1.50 bits per heavy atom. The first-order valence-electron chi connectivity index (χ1n) is 6.93. The van der Waals surface area contributed by atoms with Gasteiger partial charge in [-0.25, -0.2) is 13.1 Å². The molecule has 0 radical (unpaired) electrons. The molecule has 1 heterocycles. The van der Waals surface area contributed by atoms with Crippen LogP contribution in [0.1, 0.15) is 33.1 Å². The molecule has 7 nitrogen and oxygen atoms in total. The van der Waals surface area contributed by atoms with E-state index in [0.29, 0.717) is 26.0 Å². The first kappa shape index (κ1) is 15.3. The van der Waals surface area contributed by atoms with E-state index in [9.17, 15) is 8.42 Å². The third kappa shape index (κ3) is 3.31. The lowest BCUT2D eigenvalue weighted by Gasteiger charge is -2.34. The van der Waals surface area contributed by atoms with Gasteiger partial charge < -0.3 is 10.5 Å². The fourth-order valence-corrected chi connectivity index (χ4v) is 3.62. The summed E-state index contributed by atoms with van der Waals surface area (Å²) in [5.41, 5.74) is 5.69. The van der Waals surface area contributed by atoms with Gasteiger partial charge in [0, 0.05) is 25.4 Å². The number of nitrogens with two attached hydrogens (primary N) is 1. The van der Waals surface area contributed by atoms with Gasteiger partial charge >= 0.3 is 0 Å². The molecule has 1 fully saturated rings. The van der Waals surface area contributed by atoms with Gasteiger partial charge in [0.05, 0.1) is 6.10 Å². The maximum atomic E-state index is 12.3. The second-order valence-corrected chi connectivity index (χ2v) is 6.69. The molecular weight excluding hydrogens is 280 g/mol.